The van der Waals surface area contributed by atoms with Crippen LogP contribution in [0.4, 0.5) is 0 Å². The van der Waals surface area contributed by atoms with Crippen molar-refractivity contribution in [3.63, 3.8) is 0 Å². The summed E-state index contributed by atoms with van der Waals surface area (Å²) in [6.07, 6.45) is 7.30. The van der Waals surface area contributed by atoms with E-state index in [1.807, 2.05) is 0 Å². The zero-order valence-corrected chi connectivity index (χ0v) is 11.0. The van der Waals surface area contributed by atoms with Crippen LogP contribution in [0.3, 0.4) is 0 Å². The maximum Gasteiger partial charge on any atom is 0.0431 e. The van der Waals surface area contributed by atoms with Crippen molar-refractivity contribution in [1.29, 1.82) is 0 Å². The van der Waals surface area contributed by atoms with Crippen LogP contribution in [0.25, 0.3) is 0 Å². The number of hydrogen-bond acceptors (Lipinski definition) is 1. The van der Waals surface area contributed by atoms with Crippen LogP contribution in [-0.2, 0) is 21.7 Å². The quantitative estimate of drug-likeness (QED) is 0.515. The summed E-state index contributed by atoms with van der Waals surface area (Å²) >= 11 is 0. The predicted molar refractivity (Wildman–Crippen MR) is 54.2 cm³/mol. The van der Waals surface area contributed by atoms with E-state index < -0.39 is 0 Å². The second-order valence-electron chi connectivity index (χ2n) is 3.74. The molecule has 0 atom stereocenters. The van der Waals surface area contributed by atoms with Gasteiger partial charge >= 0.3 is 0 Å². The summed E-state index contributed by atoms with van der Waals surface area (Å²) < 4.78 is 0. The van der Waals surface area contributed by atoms with Crippen LogP contribution in [-0.4, -0.2) is 11.7 Å². The van der Waals surface area contributed by atoms with Gasteiger partial charge in [-0.05, 0) is 18.3 Å². The Hall–Kier alpha value is 0.674. The van der Waals surface area contributed by atoms with Crippen molar-refractivity contribution in [2.45, 2.75) is 59.3 Å². The standard InChI is InChI=1S/C11H24O.Ti/c1-4-11(5-2,6-3)9-7-8-10-12;/h12H,4-10H2,1-3H3;. The zero-order valence-electron chi connectivity index (χ0n) is 9.40. The van der Waals surface area contributed by atoms with E-state index in [9.17, 15) is 0 Å². The summed E-state index contributed by atoms with van der Waals surface area (Å²) in [6, 6.07) is 0. The second kappa shape index (κ2) is 9.24. The molecule has 0 fully saturated rings. The maximum atomic E-state index is 8.68. The summed E-state index contributed by atoms with van der Waals surface area (Å²) in [5, 5.41) is 8.68. The molecular formula is C11H24OTi. The van der Waals surface area contributed by atoms with Crippen LogP contribution >= 0.6 is 0 Å². The molecule has 0 saturated carbocycles. The van der Waals surface area contributed by atoms with E-state index >= 15 is 0 Å². The van der Waals surface area contributed by atoms with Gasteiger partial charge in [-0.1, -0.05) is 46.5 Å². The van der Waals surface area contributed by atoms with Crippen LogP contribution in [0.1, 0.15) is 59.3 Å². The van der Waals surface area contributed by atoms with E-state index in [-0.39, 0.29) is 21.7 Å². The molecule has 0 aromatic heterocycles. The molecule has 0 aliphatic rings. The summed E-state index contributed by atoms with van der Waals surface area (Å²) in [4.78, 5) is 0. The number of unbranched alkanes of at least 4 members (excludes halogenated alkanes) is 1. The molecule has 0 radical (unpaired) electrons. The van der Waals surface area contributed by atoms with Gasteiger partial charge < -0.3 is 5.11 Å². The molecule has 78 valence electrons. The fraction of sp³-hybridized carbons (Fsp3) is 1.00. The van der Waals surface area contributed by atoms with Crippen molar-refractivity contribution in [3.8, 4) is 0 Å². The SMILES string of the molecule is CCC(CC)(CC)CCCCO.[Ti]. The van der Waals surface area contributed by atoms with E-state index in [0.717, 1.165) is 6.42 Å². The largest absolute Gasteiger partial charge is 0.396 e. The molecule has 0 rings (SSSR count). The van der Waals surface area contributed by atoms with E-state index in [1.54, 1.807) is 0 Å². The first kappa shape index (κ1) is 16.1. The van der Waals surface area contributed by atoms with E-state index in [4.69, 9.17) is 5.11 Å². The van der Waals surface area contributed by atoms with Gasteiger partial charge in [-0.15, -0.1) is 0 Å². The molecule has 0 aliphatic carbocycles. The molecule has 0 heterocycles. The van der Waals surface area contributed by atoms with Gasteiger partial charge in [0.25, 0.3) is 0 Å². The normalized spacial score (nSPS) is 11.1. The minimum atomic E-state index is 0. The van der Waals surface area contributed by atoms with Gasteiger partial charge in [-0.3, -0.25) is 0 Å². The van der Waals surface area contributed by atoms with Gasteiger partial charge in [0.2, 0.25) is 0 Å². The van der Waals surface area contributed by atoms with E-state index in [0.29, 0.717) is 12.0 Å². The molecule has 0 spiro atoms. The Balaban J connectivity index is 0. The van der Waals surface area contributed by atoms with Gasteiger partial charge in [0.15, 0.2) is 0 Å². The van der Waals surface area contributed by atoms with Crippen molar-refractivity contribution in [1.82, 2.24) is 0 Å². The average molecular weight is 220 g/mol. The molecule has 1 nitrogen and oxygen atoms in total. The zero-order chi connectivity index (χ0) is 9.45. The Labute approximate surface area is 98.2 Å². The fourth-order valence-corrected chi connectivity index (χ4v) is 1.89. The topological polar surface area (TPSA) is 20.2 Å². The molecule has 0 aromatic carbocycles. The minimum Gasteiger partial charge on any atom is -0.396 e. The van der Waals surface area contributed by atoms with Gasteiger partial charge in [0.1, 0.15) is 0 Å². The maximum absolute atomic E-state index is 8.68. The molecule has 0 amide bonds. The number of aliphatic hydroxyl groups is 1. The monoisotopic (exact) mass is 220 g/mol. The van der Waals surface area contributed by atoms with Crippen LogP contribution in [0.2, 0.25) is 0 Å². The van der Waals surface area contributed by atoms with E-state index in [1.165, 1.54) is 32.1 Å². The molecule has 2 heteroatoms. The Bertz CT molecular complexity index is 92.0. The van der Waals surface area contributed by atoms with Crippen molar-refractivity contribution >= 4 is 0 Å². The summed E-state index contributed by atoms with van der Waals surface area (Å²) in [6.45, 7) is 7.21. The third-order valence-corrected chi connectivity index (χ3v) is 3.37. The summed E-state index contributed by atoms with van der Waals surface area (Å²) in [7, 11) is 0. The second-order valence-corrected chi connectivity index (χ2v) is 3.74. The van der Waals surface area contributed by atoms with Gasteiger partial charge in [-0.25, -0.2) is 0 Å². The van der Waals surface area contributed by atoms with Gasteiger partial charge in [0, 0.05) is 28.3 Å². The Morgan fingerprint density at radius 3 is 1.69 bits per heavy atom. The van der Waals surface area contributed by atoms with Crippen LogP contribution in [0, 0.1) is 5.41 Å². The Morgan fingerprint density at radius 1 is 0.923 bits per heavy atom. The van der Waals surface area contributed by atoms with E-state index in [2.05, 4.69) is 20.8 Å². The first-order chi connectivity index (χ1) is 5.74. The summed E-state index contributed by atoms with van der Waals surface area (Å²) in [5.74, 6) is 0. The molecule has 1 N–H and O–H groups in total. The minimum absolute atomic E-state index is 0. The molecule has 0 bridgehead atoms. The molecule has 0 aliphatic heterocycles. The molecular weight excluding hydrogens is 196 g/mol. The number of hydrogen-bond donors (Lipinski definition) is 1. The van der Waals surface area contributed by atoms with Gasteiger partial charge in [-0.2, -0.15) is 0 Å². The van der Waals surface area contributed by atoms with Crippen molar-refractivity contribution in [2.75, 3.05) is 6.61 Å². The third-order valence-electron chi connectivity index (χ3n) is 3.37. The van der Waals surface area contributed by atoms with Crippen LogP contribution < -0.4 is 0 Å². The third kappa shape index (κ3) is 5.88. The Kier molecular flexibility index (Phi) is 11.5. The first-order valence-corrected chi connectivity index (χ1v) is 5.35. The molecule has 0 aromatic rings. The van der Waals surface area contributed by atoms with Crippen molar-refractivity contribution < 1.29 is 26.8 Å². The molecule has 0 unspecified atom stereocenters. The first-order valence-electron chi connectivity index (χ1n) is 5.35. The predicted octanol–water partition coefficient (Wildman–Crippen LogP) is 3.36. The summed E-state index contributed by atoms with van der Waals surface area (Å²) in [5.41, 5.74) is 0.565. The molecule has 0 saturated heterocycles. The average Bonchev–Trinajstić information content (AvgIpc) is 2.14. The fourth-order valence-electron chi connectivity index (χ4n) is 1.89. The van der Waals surface area contributed by atoms with Crippen LogP contribution in [0.15, 0.2) is 0 Å². The molecule has 13 heavy (non-hydrogen) atoms. The smallest absolute Gasteiger partial charge is 0.0431 e. The number of aliphatic hydroxyl groups excluding tert-OH is 1. The van der Waals surface area contributed by atoms with Crippen LogP contribution in [0.5, 0.6) is 0 Å². The Morgan fingerprint density at radius 2 is 1.38 bits per heavy atom. The number of rotatable bonds is 7. The van der Waals surface area contributed by atoms with Crippen molar-refractivity contribution in [3.05, 3.63) is 0 Å². The van der Waals surface area contributed by atoms with Crippen molar-refractivity contribution in [2.24, 2.45) is 5.41 Å². The van der Waals surface area contributed by atoms with Gasteiger partial charge in [0.05, 0.1) is 0 Å².